The van der Waals surface area contributed by atoms with Crippen LogP contribution in [0.25, 0.3) is 16.0 Å². The number of aromatic nitrogens is 1. The van der Waals surface area contributed by atoms with Gasteiger partial charge in [0.05, 0.1) is 36.1 Å². The van der Waals surface area contributed by atoms with E-state index in [0.717, 1.165) is 4.70 Å². The lowest BCUT2D eigenvalue weighted by molar-refractivity contribution is -0.132. The molecular weight excluding hydrogens is 488 g/mol. The third-order valence-corrected chi connectivity index (χ3v) is 7.03. The SMILES string of the molecule is COc1cccc(C(O)=C2C(=O)C(=O)N(c3nc4ccc(OC)cc4s3)C2c2ccc(Cl)cc2)c1. The zero-order chi connectivity index (χ0) is 24.7. The van der Waals surface area contributed by atoms with E-state index in [-0.39, 0.29) is 11.3 Å². The number of methoxy groups -OCH3 is 2. The fraction of sp³-hybridized carbons (Fsp3) is 0.115. The second kappa shape index (κ2) is 9.05. The summed E-state index contributed by atoms with van der Waals surface area (Å²) in [4.78, 5) is 32.6. The summed E-state index contributed by atoms with van der Waals surface area (Å²) in [6, 6.07) is 17.9. The molecule has 1 atom stereocenters. The van der Waals surface area contributed by atoms with Crippen LogP contribution in [0.3, 0.4) is 0 Å². The molecule has 1 aliphatic heterocycles. The van der Waals surface area contributed by atoms with Crippen molar-refractivity contribution in [2.24, 2.45) is 0 Å². The Kier molecular flexibility index (Phi) is 5.92. The molecule has 0 bridgehead atoms. The van der Waals surface area contributed by atoms with E-state index in [9.17, 15) is 14.7 Å². The smallest absolute Gasteiger partial charge is 0.301 e. The number of anilines is 1. The fourth-order valence-corrected chi connectivity index (χ4v) is 5.19. The predicted octanol–water partition coefficient (Wildman–Crippen LogP) is 5.59. The number of aliphatic hydroxyl groups excluding tert-OH is 1. The molecule has 1 aliphatic rings. The van der Waals surface area contributed by atoms with E-state index < -0.39 is 17.7 Å². The van der Waals surface area contributed by atoms with Crippen LogP contribution in [0.15, 0.2) is 72.3 Å². The van der Waals surface area contributed by atoms with Gasteiger partial charge in [-0.3, -0.25) is 14.5 Å². The Morgan fingerprint density at radius 1 is 1.00 bits per heavy atom. The minimum atomic E-state index is -0.902. The molecule has 0 aliphatic carbocycles. The van der Waals surface area contributed by atoms with Crippen molar-refractivity contribution in [1.82, 2.24) is 4.98 Å². The van der Waals surface area contributed by atoms with Crippen molar-refractivity contribution in [2.45, 2.75) is 6.04 Å². The largest absolute Gasteiger partial charge is 0.507 e. The summed E-state index contributed by atoms with van der Waals surface area (Å²) < 4.78 is 11.3. The van der Waals surface area contributed by atoms with Gasteiger partial charge >= 0.3 is 5.91 Å². The molecule has 1 amide bonds. The van der Waals surface area contributed by atoms with Gasteiger partial charge in [0, 0.05) is 10.6 Å². The number of Topliss-reactive ketones (excluding diaryl/α,β-unsaturated/α-hetero) is 1. The summed E-state index contributed by atoms with van der Waals surface area (Å²) in [6.45, 7) is 0. The molecule has 2 heterocycles. The molecule has 1 N–H and O–H groups in total. The summed E-state index contributed by atoms with van der Waals surface area (Å²) in [5.41, 5.74) is 1.59. The number of hydrogen-bond donors (Lipinski definition) is 1. The van der Waals surface area contributed by atoms with Gasteiger partial charge in [-0.25, -0.2) is 4.98 Å². The summed E-state index contributed by atoms with van der Waals surface area (Å²) >= 11 is 7.35. The molecule has 5 rings (SSSR count). The number of amides is 1. The number of ether oxygens (including phenoxy) is 2. The number of ketones is 1. The summed E-state index contributed by atoms with van der Waals surface area (Å²) in [5.74, 6) is -0.719. The number of carbonyl (C=O) groups excluding carboxylic acids is 2. The van der Waals surface area contributed by atoms with Crippen molar-refractivity contribution in [3.05, 3.63) is 88.5 Å². The number of nitrogens with zero attached hydrogens (tertiary/aromatic N) is 2. The van der Waals surface area contributed by atoms with E-state index in [1.54, 1.807) is 67.8 Å². The number of halogens is 1. The fourth-order valence-electron chi connectivity index (χ4n) is 4.04. The van der Waals surface area contributed by atoms with Gasteiger partial charge in [0.2, 0.25) is 0 Å². The summed E-state index contributed by atoms with van der Waals surface area (Å²) in [5, 5.41) is 12.1. The van der Waals surface area contributed by atoms with Crippen molar-refractivity contribution in [1.29, 1.82) is 0 Å². The van der Waals surface area contributed by atoms with Crippen molar-refractivity contribution < 1.29 is 24.2 Å². The van der Waals surface area contributed by atoms with Crippen molar-refractivity contribution in [2.75, 3.05) is 19.1 Å². The molecule has 9 heteroatoms. The third-order valence-electron chi connectivity index (χ3n) is 5.76. The van der Waals surface area contributed by atoms with Gasteiger partial charge in [0.25, 0.3) is 5.78 Å². The number of fused-ring (bicyclic) bond motifs is 1. The number of thiazole rings is 1. The quantitative estimate of drug-likeness (QED) is 0.215. The molecule has 1 saturated heterocycles. The van der Waals surface area contributed by atoms with Crippen LogP contribution in [0.1, 0.15) is 17.2 Å². The minimum absolute atomic E-state index is 0.0394. The highest BCUT2D eigenvalue weighted by Crippen LogP contribution is 2.45. The standard InChI is InChI=1S/C26H19ClN2O5S/c1-33-17-5-3-4-15(12-17)23(30)21-22(14-6-8-16(27)9-7-14)29(25(32)24(21)31)26-28-19-11-10-18(34-2)13-20(19)35-26/h3-13,22,30H,1-2H3. The maximum atomic E-state index is 13.3. The molecule has 0 saturated carbocycles. The second-order valence-electron chi connectivity index (χ2n) is 7.78. The van der Waals surface area contributed by atoms with Gasteiger partial charge in [-0.05, 0) is 48.0 Å². The van der Waals surface area contributed by atoms with Crippen LogP contribution in [0.4, 0.5) is 5.13 Å². The maximum Gasteiger partial charge on any atom is 0.301 e. The average Bonchev–Trinajstić information content (AvgIpc) is 3.41. The van der Waals surface area contributed by atoms with Crippen LogP contribution < -0.4 is 14.4 Å². The van der Waals surface area contributed by atoms with Crippen LogP contribution in [0, 0.1) is 0 Å². The highest BCUT2D eigenvalue weighted by Gasteiger charge is 2.48. The first-order valence-corrected chi connectivity index (χ1v) is 11.8. The van der Waals surface area contributed by atoms with Gasteiger partial charge in [-0.15, -0.1) is 0 Å². The zero-order valence-corrected chi connectivity index (χ0v) is 20.3. The number of hydrogen-bond acceptors (Lipinski definition) is 7. The Morgan fingerprint density at radius 3 is 2.43 bits per heavy atom. The van der Waals surface area contributed by atoms with Crippen molar-refractivity contribution >= 4 is 55.7 Å². The minimum Gasteiger partial charge on any atom is -0.507 e. The Hall–Kier alpha value is -3.88. The molecule has 0 radical (unpaired) electrons. The molecule has 1 unspecified atom stereocenters. The van der Waals surface area contributed by atoms with Crippen LogP contribution >= 0.6 is 22.9 Å². The van der Waals surface area contributed by atoms with E-state index in [0.29, 0.717) is 38.3 Å². The highest BCUT2D eigenvalue weighted by molar-refractivity contribution is 7.22. The van der Waals surface area contributed by atoms with Crippen LogP contribution in [0.2, 0.25) is 5.02 Å². The van der Waals surface area contributed by atoms with Crippen LogP contribution in [0.5, 0.6) is 11.5 Å². The first kappa shape index (κ1) is 22.9. The maximum absolute atomic E-state index is 13.3. The molecule has 0 spiro atoms. The lowest BCUT2D eigenvalue weighted by atomic mass is 9.95. The van der Waals surface area contributed by atoms with Gasteiger partial charge < -0.3 is 14.6 Å². The summed E-state index contributed by atoms with van der Waals surface area (Å²) in [7, 11) is 3.08. The molecule has 176 valence electrons. The van der Waals surface area contributed by atoms with E-state index in [2.05, 4.69) is 4.98 Å². The number of aliphatic hydroxyl groups is 1. The number of benzene rings is 3. The molecule has 4 aromatic rings. The van der Waals surface area contributed by atoms with Crippen molar-refractivity contribution in [3.8, 4) is 11.5 Å². The van der Waals surface area contributed by atoms with Gasteiger partial charge in [0.1, 0.15) is 17.3 Å². The van der Waals surface area contributed by atoms with E-state index in [1.165, 1.54) is 23.3 Å². The van der Waals surface area contributed by atoms with E-state index in [4.69, 9.17) is 21.1 Å². The lowest BCUT2D eigenvalue weighted by Gasteiger charge is -2.23. The molecule has 1 fully saturated rings. The number of rotatable bonds is 5. The molecule has 3 aromatic carbocycles. The Balaban J connectivity index is 1.71. The van der Waals surface area contributed by atoms with E-state index >= 15 is 0 Å². The zero-order valence-electron chi connectivity index (χ0n) is 18.7. The van der Waals surface area contributed by atoms with Gasteiger partial charge in [0.15, 0.2) is 5.13 Å². The van der Waals surface area contributed by atoms with Crippen LogP contribution in [-0.4, -0.2) is 36.0 Å². The average molecular weight is 507 g/mol. The molecule has 1 aromatic heterocycles. The topological polar surface area (TPSA) is 89.0 Å². The lowest BCUT2D eigenvalue weighted by Crippen LogP contribution is -2.29. The predicted molar refractivity (Wildman–Crippen MR) is 135 cm³/mol. The molecular formula is C26H19ClN2O5S. The Bertz CT molecular complexity index is 1500. The third kappa shape index (κ3) is 4.00. The van der Waals surface area contributed by atoms with Gasteiger partial charge in [-0.2, -0.15) is 0 Å². The van der Waals surface area contributed by atoms with Gasteiger partial charge in [-0.1, -0.05) is 47.2 Å². The van der Waals surface area contributed by atoms with Crippen LogP contribution in [-0.2, 0) is 9.59 Å². The number of carbonyl (C=O) groups is 2. The Morgan fingerprint density at radius 2 is 1.71 bits per heavy atom. The monoisotopic (exact) mass is 506 g/mol. The Labute approximate surface area is 209 Å². The van der Waals surface area contributed by atoms with E-state index in [1.807, 2.05) is 6.07 Å². The highest BCUT2D eigenvalue weighted by atomic mass is 35.5. The van der Waals surface area contributed by atoms with Crippen molar-refractivity contribution in [3.63, 3.8) is 0 Å². The first-order chi connectivity index (χ1) is 16.9. The molecule has 7 nitrogen and oxygen atoms in total. The molecule has 35 heavy (non-hydrogen) atoms. The second-order valence-corrected chi connectivity index (χ2v) is 9.23. The normalized spacial score (nSPS) is 17.2. The summed E-state index contributed by atoms with van der Waals surface area (Å²) in [6.07, 6.45) is 0. The first-order valence-electron chi connectivity index (χ1n) is 10.6.